The van der Waals surface area contributed by atoms with Crippen molar-refractivity contribution in [2.45, 2.75) is 13.3 Å². The fraction of sp³-hybridized carbons (Fsp3) is 0.154. The Balaban J connectivity index is 2.42. The van der Waals surface area contributed by atoms with Crippen molar-refractivity contribution in [1.82, 2.24) is 9.97 Å². The average molecular weight is 289 g/mol. The maximum atomic E-state index is 8.93. The Hall–Kier alpha value is -2.36. The molecule has 1 aromatic heterocycles. The number of hydrogen-bond acceptors (Lipinski definition) is 6. The summed E-state index contributed by atoms with van der Waals surface area (Å²) in [6, 6.07) is 7.05. The normalized spacial score (nSPS) is 9.90. The fourth-order valence-corrected chi connectivity index (χ4v) is 1.96. The van der Waals surface area contributed by atoms with E-state index in [0.717, 1.165) is 5.56 Å². The Morgan fingerprint density at radius 1 is 1.35 bits per heavy atom. The lowest BCUT2D eigenvalue weighted by atomic mass is 10.2. The smallest absolute Gasteiger partial charge is 0.148 e. The Kier molecular flexibility index (Phi) is 4.35. The monoisotopic (exact) mass is 288 g/mol. The molecule has 0 bridgehead atoms. The Morgan fingerprint density at radius 3 is 2.75 bits per heavy atom. The number of rotatable bonds is 4. The van der Waals surface area contributed by atoms with E-state index in [-0.39, 0.29) is 0 Å². The summed E-state index contributed by atoms with van der Waals surface area (Å²) < 4.78 is 0. The molecule has 6 nitrogen and oxygen atoms in total. The van der Waals surface area contributed by atoms with Crippen LogP contribution in [0, 0.1) is 11.3 Å². The Bertz CT molecular complexity index is 664. The van der Waals surface area contributed by atoms with Gasteiger partial charge < -0.3 is 10.7 Å². The summed E-state index contributed by atoms with van der Waals surface area (Å²) in [4.78, 5) is 8.24. The van der Waals surface area contributed by atoms with Crippen LogP contribution in [0.25, 0.3) is 0 Å². The topological polar surface area (TPSA) is 99.7 Å². The van der Waals surface area contributed by atoms with E-state index in [1.807, 2.05) is 6.92 Å². The van der Waals surface area contributed by atoms with Gasteiger partial charge in [0.2, 0.25) is 0 Å². The zero-order valence-electron chi connectivity index (χ0n) is 10.8. The van der Waals surface area contributed by atoms with Crippen LogP contribution in [0.1, 0.15) is 18.1 Å². The second-order valence-corrected chi connectivity index (χ2v) is 4.39. The number of halogens is 1. The van der Waals surface area contributed by atoms with Crippen LogP contribution in [0.15, 0.2) is 24.5 Å². The van der Waals surface area contributed by atoms with Crippen molar-refractivity contribution in [1.29, 1.82) is 5.26 Å². The first-order valence-electron chi connectivity index (χ1n) is 5.96. The van der Waals surface area contributed by atoms with Gasteiger partial charge in [-0.2, -0.15) is 5.26 Å². The molecule has 0 saturated heterocycles. The zero-order valence-corrected chi connectivity index (χ0v) is 11.6. The lowest BCUT2D eigenvalue weighted by molar-refractivity contribution is 1.04. The molecule has 0 aliphatic rings. The molecule has 7 heteroatoms. The first-order chi connectivity index (χ1) is 9.69. The van der Waals surface area contributed by atoms with Crippen LogP contribution >= 0.6 is 11.6 Å². The third-order valence-electron chi connectivity index (χ3n) is 2.78. The van der Waals surface area contributed by atoms with Gasteiger partial charge in [0, 0.05) is 5.56 Å². The summed E-state index contributed by atoms with van der Waals surface area (Å²) >= 11 is 6.12. The van der Waals surface area contributed by atoms with E-state index in [1.165, 1.54) is 6.33 Å². The second kappa shape index (κ2) is 6.19. The largest absolute Gasteiger partial charge is 0.339 e. The summed E-state index contributed by atoms with van der Waals surface area (Å²) in [6.07, 6.45) is 2.09. The highest BCUT2D eigenvalue weighted by atomic mass is 35.5. The van der Waals surface area contributed by atoms with Gasteiger partial charge in [-0.3, -0.25) is 0 Å². The van der Waals surface area contributed by atoms with E-state index in [0.29, 0.717) is 34.3 Å². The number of nitrogens with one attached hydrogen (secondary N) is 2. The molecule has 20 heavy (non-hydrogen) atoms. The van der Waals surface area contributed by atoms with E-state index in [4.69, 9.17) is 22.7 Å². The van der Waals surface area contributed by atoms with Gasteiger partial charge in [0.25, 0.3) is 0 Å². The van der Waals surface area contributed by atoms with Gasteiger partial charge in [-0.05, 0) is 24.6 Å². The maximum Gasteiger partial charge on any atom is 0.148 e. The molecule has 0 spiro atoms. The third kappa shape index (κ3) is 2.79. The first kappa shape index (κ1) is 14.1. The highest BCUT2D eigenvalue weighted by Crippen LogP contribution is 2.28. The Labute approximate surface area is 121 Å². The van der Waals surface area contributed by atoms with E-state index >= 15 is 0 Å². The minimum atomic E-state index is 0.506. The standard InChI is InChI=1S/C13H13ClN6/c1-2-9-12(17-7-18-13(9)20-16)19-11-5-8(6-15)3-4-10(11)14/h3-5,7H,2,16H2,1H3,(H2,17,18,19,20). The number of hydrazine groups is 1. The van der Waals surface area contributed by atoms with E-state index < -0.39 is 0 Å². The molecule has 2 aromatic rings. The van der Waals surface area contributed by atoms with Crippen molar-refractivity contribution in [3.8, 4) is 6.07 Å². The fourth-order valence-electron chi connectivity index (χ4n) is 1.80. The summed E-state index contributed by atoms with van der Waals surface area (Å²) in [6.45, 7) is 1.97. The van der Waals surface area contributed by atoms with Crippen molar-refractivity contribution >= 4 is 28.9 Å². The van der Waals surface area contributed by atoms with Gasteiger partial charge in [-0.15, -0.1) is 0 Å². The van der Waals surface area contributed by atoms with Gasteiger partial charge in [0.1, 0.15) is 18.0 Å². The minimum Gasteiger partial charge on any atom is -0.339 e. The SMILES string of the molecule is CCc1c(NN)ncnc1Nc1cc(C#N)ccc1Cl. The van der Waals surface area contributed by atoms with E-state index in [2.05, 4.69) is 26.8 Å². The average Bonchev–Trinajstić information content (AvgIpc) is 2.49. The maximum absolute atomic E-state index is 8.93. The second-order valence-electron chi connectivity index (χ2n) is 3.98. The number of nitriles is 1. The molecule has 2 rings (SSSR count). The summed E-state index contributed by atoms with van der Waals surface area (Å²) in [5.74, 6) is 6.58. The van der Waals surface area contributed by atoms with Gasteiger partial charge in [-0.25, -0.2) is 15.8 Å². The molecule has 0 amide bonds. The molecular weight excluding hydrogens is 276 g/mol. The molecule has 0 saturated carbocycles. The number of hydrogen-bond donors (Lipinski definition) is 3. The molecule has 0 aliphatic carbocycles. The van der Waals surface area contributed by atoms with Crippen LogP contribution in [-0.2, 0) is 6.42 Å². The van der Waals surface area contributed by atoms with Gasteiger partial charge >= 0.3 is 0 Å². The molecule has 0 unspecified atom stereocenters. The number of nitrogens with two attached hydrogens (primary N) is 1. The van der Waals surface area contributed by atoms with E-state index in [9.17, 15) is 0 Å². The predicted octanol–water partition coefficient (Wildman–Crippen LogP) is 2.59. The molecule has 0 atom stereocenters. The summed E-state index contributed by atoms with van der Waals surface area (Å²) in [5.41, 5.74) is 4.50. The van der Waals surface area contributed by atoms with Crippen molar-refractivity contribution in [2.75, 3.05) is 10.7 Å². The first-order valence-corrected chi connectivity index (χ1v) is 6.34. The molecule has 0 fully saturated rings. The highest BCUT2D eigenvalue weighted by molar-refractivity contribution is 6.33. The van der Waals surface area contributed by atoms with Crippen LogP contribution in [0.4, 0.5) is 17.3 Å². The lowest BCUT2D eigenvalue weighted by Gasteiger charge is -2.13. The third-order valence-corrected chi connectivity index (χ3v) is 3.11. The number of nitrogen functional groups attached to an aromatic ring is 1. The van der Waals surface area contributed by atoms with Crippen molar-refractivity contribution < 1.29 is 0 Å². The zero-order chi connectivity index (χ0) is 14.5. The van der Waals surface area contributed by atoms with Crippen LogP contribution in [-0.4, -0.2) is 9.97 Å². The summed E-state index contributed by atoms with van der Waals surface area (Å²) in [5, 5.41) is 12.5. The van der Waals surface area contributed by atoms with Crippen molar-refractivity contribution in [3.05, 3.63) is 40.7 Å². The highest BCUT2D eigenvalue weighted by Gasteiger charge is 2.11. The molecule has 4 N–H and O–H groups in total. The quantitative estimate of drug-likeness (QED) is 0.591. The predicted molar refractivity (Wildman–Crippen MR) is 78.7 cm³/mol. The van der Waals surface area contributed by atoms with Crippen LogP contribution < -0.4 is 16.6 Å². The van der Waals surface area contributed by atoms with Gasteiger partial charge in [0.05, 0.1) is 22.3 Å². The molecule has 0 radical (unpaired) electrons. The van der Waals surface area contributed by atoms with Crippen molar-refractivity contribution in [2.24, 2.45) is 5.84 Å². The molecular formula is C13H13ClN6. The van der Waals surface area contributed by atoms with Gasteiger partial charge in [0.15, 0.2) is 0 Å². The molecule has 1 aromatic carbocycles. The number of anilines is 3. The van der Waals surface area contributed by atoms with Crippen molar-refractivity contribution in [3.63, 3.8) is 0 Å². The van der Waals surface area contributed by atoms with Gasteiger partial charge in [-0.1, -0.05) is 18.5 Å². The molecule has 102 valence electrons. The van der Waals surface area contributed by atoms with E-state index in [1.54, 1.807) is 18.2 Å². The number of benzene rings is 1. The van der Waals surface area contributed by atoms with Crippen LogP contribution in [0.2, 0.25) is 5.02 Å². The molecule has 1 heterocycles. The lowest BCUT2D eigenvalue weighted by Crippen LogP contribution is -2.13. The number of aromatic nitrogens is 2. The van der Waals surface area contributed by atoms with Crippen LogP contribution in [0.3, 0.4) is 0 Å². The number of nitrogens with zero attached hydrogens (tertiary/aromatic N) is 3. The Morgan fingerprint density at radius 2 is 2.10 bits per heavy atom. The summed E-state index contributed by atoms with van der Waals surface area (Å²) in [7, 11) is 0. The molecule has 0 aliphatic heterocycles. The minimum absolute atomic E-state index is 0.506. The van der Waals surface area contributed by atoms with Crippen LogP contribution in [0.5, 0.6) is 0 Å².